The Morgan fingerprint density at radius 3 is 2.48 bits per heavy atom. The molecule has 0 saturated heterocycles. The van der Waals surface area contributed by atoms with Gasteiger partial charge in [0.2, 0.25) is 0 Å². The summed E-state index contributed by atoms with van der Waals surface area (Å²) in [5.41, 5.74) is 4.66. The van der Waals surface area contributed by atoms with E-state index in [-0.39, 0.29) is 5.82 Å². The minimum atomic E-state index is -0.156. The van der Waals surface area contributed by atoms with Gasteiger partial charge < -0.3 is 10.2 Å². The van der Waals surface area contributed by atoms with E-state index in [2.05, 4.69) is 47.5 Å². The first-order chi connectivity index (χ1) is 10.3. The van der Waals surface area contributed by atoms with Crippen molar-refractivity contribution in [3.8, 4) is 0 Å². The zero-order chi connectivity index (χ0) is 14.7. The molecule has 2 aromatic rings. The Kier molecular flexibility index (Phi) is 4.20. The van der Waals surface area contributed by atoms with E-state index in [9.17, 15) is 4.39 Å². The molecule has 0 saturated carbocycles. The van der Waals surface area contributed by atoms with Crippen molar-refractivity contribution in [3.63, 3.8) is 0 Å². The van der Waals surface area contributed by atoms with Crippen molar-refractivity contribution in [1.29, 1.82) is 0 Å². The monoisotopic (exact) mass is 284 g/mol. The molecule has 3 heteroatoms. The number of hydrogen-bond acceptors (Lipinski definition) is 2. The standard InChI is InChI=1S/C18H21FN2/c1-2-7-20-11-14-8-17(19)10-18(9-14)21-12-15-5-3-4-6-16(15)13-21/h3-6,8-10,20H,2,7,11-13H2,1H3. The van der Waals surface area contributed by atoms with Gasteiger partial charge >= 0.3 is 0 Å². The second kappa shape index (κ2) is 6.27. The summed E-state index contributed by atoms with van der Waals surface area (Å²) < 4.78 is 13.9. The predicted molar refractivity (Wildman–Crippen MR) is 84.7 cm³/mol. The smallest absolute Gasteiger partial charge is 0.125 e. The number of fused-ring (bicyclic) bond motifs is 1. The largest absolute Gasteiger partial charge is 0.363 e. The minimum absolute atomic E-state index is 0.156. The van der Waals surface area contributed by atoms with Crippen molar-refractivity contribution in [2.45, 2.75) is 33.0 Å². The molecule has 3 rings (SSSR count). The average molecular weight is 284 g/mol. The van der Waals surface area contributed by atoms with Crippen LogP contribution in [0.25, 0.3) is 0 Å². The first kappa shape index (κ1) is 14.1. The molecule has 110 valence electrons. The molecule has 0 unspecified atom stereocenters. The molecule has 0 spiro atoms. The minimum Gasteiger partial charge on any atom is -0.363 e. The molecule has 1 heterocycles. The number of nitrogens with one attached hydrogen (secondary N) is 1. The van der Waals surface area contributed by atoms with Crippen LogP contribution in [0.15, 0.2) is 42.5 Å². The van der Waals surface area contributed by atoms with Crippen molar-refractivity contribution in [2.75, 3.05) is 11.4 Å². The molecule has 0 bridgehead atoms. The van der Waals surface area contributed by atoms with Crippen LogP contribution in [0.4, 0.5) is 10.1 Å². The third-order valence-corrected chi connectivity index (χ3v) is 3.90. The van der Waals surface area contributed by atoms with Crippen LogP contribution < -0.4 is 10.2 Å². The molecule has 2 aromatic carbocycles. The van der Waals surface area contributed by atoms with E-state index in [4.69, 9.17) is 0 Å². The molecule has 1 N–H and O–H groups in total. The van der Waals surface area contributed by atoms with Crippen molar-refractivity contribution in [2.24, 2.45) is 0 Å². The second-order valence-electron chi connectivity index (χ2n) is 5.62. The lowest BCUT2D eigenvalue weighted by molar-refractivity contribution is 0.618. The van der Waals surface area contributed by atoms with Crippen LogP contribution in [0.1, 0.15) is 30.0 Å². The Bertz CT molecular complexity index is 599. The molecule has 1 aliphatic rings. The fourth-order valence-corrected chi connectivity index (χ4v) is 2.84. The molecule has 21 heavy (non-hydrogen) atoms. The lowest BCUT2D eigenvalue weighted by atomic mass is 10.1. The Hall–Kier alpha value is -1.87. The van der Waals surface area contributed by atoms with Gasteiger partial charge in [-0.2, -0.15) is 0 Å². The number of benzene rings is 2. The normalized spacial score (nSPS) is 13.5. The Morgan fingerprint density at radius 1 is 1.10 bits per heavy atom. The number of rotatable bonds is 5. The summed E-state index contributed by atoms with van der Waals surface area (Å²) in [4.78, 5) is 2.23. The zero-order valence-electron chi connectivity index (χ0n) is 12.4. The highest BCUT2D eigenvalue weighted by Crippen LogP contribution is 2.29. The summed E-state index contributed by atoms with van der Waals surface area (Å²) in [6, 6.07) is 13.8. The van der Waals surface area contributed by atoms with Gasteiger partial charge in [0, 0.05) is 25.3 Å². The van der Waals surface area contributed by atoms with Gasteiger partial charge in [-0.15, -0.1) is 0 Å². The van der Waals surface area contributed by atoms with E-state index in [1.165, 1.54) is 11.1 Å². The SMILES string of the molecule is CCCNCc1cc(F)cc(N2Cc3ccccc3C2)c1. The van der Waals surface area contributed by atoms with Crippen LogP contribution in [-0.4, -0.2) is 6.54 Å². The first-order valence-electron chi connectivity index (χ1n) is 7.58. The van der Waals surface area contributed by atoms with Gasteiger partial charge in [-0.3, -0.25) is 0 Å². The third-order valence-electron chi connectivity index (χ3n) is 3.90. The van der Waals surface area contributed by atoms with Gasteiger partial charge in [-0.25, -0.2) is 4.39 Å². The molecular weight excluding hydrogens is 263 g/mol. The summed E-state index contributed by atoms with van der Waals surface area (Å²) in [7, 11) is 0. The molecule has 0 amide bonds. The Labute approximate surface area is 125 Å². The van der Waals surface area contributed by atoms with Gasteiger partial charge in [0.25, 0.3) is 0 Å². The van der Waals surface area contributed by atoms with Crippen molar-refractivity contribution in [3.05, 3.63) is 65.0 Å². The maximum atomic E-state index is 13.9. The predicted octanol–water partition coefficient (Wildman–Crippen LogP) is 3.85. The van der Waals surface area contributed by atoms with E-state index in [1.54, 1.807) is 12.1 Å². The molecule has 0 aromatic heterocycles. The molecule has 0 fully saturated rings. The highest BCUT2D eigenvalue weighted by atomic mass is 19.1. The van der Waals surface area contributed by atoms with Crippen LogP contribution in [-0.2, 0) is 19.6 Å². The Morgan fingerprint density at radius 2 is 1.81 bits per heavy atom. The fourth-order valence-electron chi connectivity index (χ4n) is 2.84. The topological polar surface area (TPSA) is 15.3 Å². The zero-order valence-corrected chi connectivity index (χ0v) is 12.4. The summed E-state index contributed by atoms with van der Waals surface area (Å²) in [6.07, 6.45) is 1.09. The van der Waals surface area contributed by atoms with Crippen LogP contribution in [0.2, 0.25) is 0 Å². The molecule has 1 aliphatic heterocycles. The fraction of sp³-hybridized carbons (Fsp3) is 0.333. The van der Waals surface area contributed by atoms with Gasteiger partial charge in [-0.1, -0.05) is 31.2 Å². The summed E-state index contributed by atoms with van der Waals surface area (Å²) >= 11 is 0. The lowest BCUT2D eigenvalue weighted by Crippen LogP contribution is -2.17. The summed E-state index contributed by atoms with van der Waals surface area (Å²) in [6.45, 7) is 5.54. The van der Waals surface area contributed by atoms with Gasteiger partial charge in [-0.05, 0) is 47.9 Å². The van der Waals surface area contributed by atoms with Crippen molar-refractivity contribution >= 4 is 5.69 Å². The molecule has 0 atom stereocenters. The number of nitrogens with zero attached hydrogens (tertiary/aromatic N) is 1. The second-order valence-corrected chi connectivity index (χ2v) is 5.62. The van der Waals surface area contributed by atoms with Gasteiger partial charge in [0.1, 0.15) is 5.82 Å². The highest BCUT2D eigenvalue weighted by molar-refractivity contribution is 5.53. The van der Waals surface area contributed by atoms with Gasteiger partial charge in [0.15, 0.2) is 0 Å². The molecular formula is C18H21FN2. The summed E-state index contributed by atoms with van der Waals surface area (Å²) in [5.74, 6) is -0.156. The van der Waals surface area contributed by atoms with Crippen molar-refractivity contribution < 1.29 is 4.39 Å². The average Bonchev–Trinajstić information content (AvgIpc) is 2.91. The number of halogens is 1. The van der Waals surface area contributed by atoms with E-state index in [0.717, 1.165) is 43.9 Å². The summed E-state index contributed by atoms with van der Waals surface area (Å²) in [5, 5.41) is 3.33. The van der Waals surface area contributed by atoms with Crippen LogP contribution in [0.5, 0.6) is 0 Å². The maximum Gasteiger partial charge on any atom is 0.125 e. The van der Waals surface area contributed by atoms with E-state index in [0.29, 0.717) is 0 Å². The maximum absolute atomic E-state index is 13.9. The molecule has 0 radical (unpaired) electrons. The van der Waals surface area contributed by atoms with Crippen LogP contribution in [0.3, 0.4) is 0 Å². The van der Waals surface area contributed by atoms with E-state index >= 15 is 0 Å². The Balaban J connectivity index is 1.77. The number of hydrogen-bond donors (Lipinski definition) is 1. The lowest BCUT2D eigenvalue weighted by Gasteiger charge is -2.19. The van der Waals surface area contributed by atoms with Crippen LogP contribution >= 0.6 is 0 Å². The quantitative estimate of drug-likeness (QED) is 0.839. The molecule has 0 aliphatic carbocycles. The third kappa shape index (κ3) is 3.24. The first-order valence-corrected chi connectivity index (χ1v) is 7.58. The van der Waals surface area contributed by atoms with E-state index < -0.39 is 0 Å². The van der Waals surface area contributed by atoms with Crippen molar-refractivity contribution in [1.82, 2.24) is 5.32 Å². The van der Waals surface area contributed by atoms with E-state index in [1.807, 2.05) is 0 Å². The number of anilines is 1. The highest BCUT2D eigenvalue weighted by Gasteiger charge is 2.19. The van der Waals surface area contributed by atoms with Gasteiger partial charge in [0.05, 0.1) is 0 Å². The van der Waals surface area contributed by atoms with Crippen LogP contribution in [0, 0.1) is 5.82 Å². The molecule has 2 nitrogen and oxygen atoms in total.